The molecule has 1 aliphatic carbocycles. The molecule has 1 heterocycles. The number of hydrogen-bond donors (Lipinski definition) is 1. The highest BCUT2D eigenvalue weighted by atomic mass is 16.3. The van der Waals surface area contributed by atoms with Crippen molar-refractivity contribution in [2.24, 2.45) is 5.92 Å². The Hall–Kier alpha value is -0.760. The van der Waals surface area contributed by atoms with E-state index in [1.165, 1.54) is 6.42 Å². The van der Waals surface area contributed by atoms with Crippen LogP contribution in [0.5, 0.6) is 0 Å². The maximum Gasteiger partial charge on any atom is 0.106 e. The average Bonchev–Trinajstić information content (AvgIpc) is 2.76. The summed E-state index contributed by atoms with van der Waals surface area (Å²) in [6.45, 7) is 2.20. The smallest absolute Gasteiger partial charge is 0.106 e. The van der Waals surface area contributed by atoms with Gasteiger partial charge in [-0.15, -0.1) is 0 Å². The summed E-state index contributed by atoms with van der Waals surface area (Å²) in [4.78, 5) is 0. The monoisotopic (exact) mass is 194 g/mol. The molecular weight excluding hydrogens is 176 g/mol. The summed E-state index contributed by atoms with van der Waals surface area (Å²) in [5.74, 6) is 1.61. The molecule has 0 aliphatic heterocycles. The van der Waals surface area contributed by atoms with E-state index in [-0.39, 0.29) is 0 Å². The topological polar surface area (TPSA) is 33.4 Å². The third-order valence-corrected chi connectivity index (χ3v) is 3.35. The Morgan fingerprint density at radius 1 is 1.64 bits per heavy atom. The van der Waals surface area contributed by atoms with Crippen LogP contribution in [0.2, 0.25) is 0 Å². The van der Waals surface area contributed by atoms with Crippen LogP contribution in [0.3, 0.4) is 0 Å². The van der Waals surface area contributed by atoms with Gasteiger partial charge in [0.2, 0.25) is 0 Å². The lowest BCUT2D eigenvalue weighted by molar-refractivity contribution is 0.0387. The predicted molar refractivity (Wildman–Crippen MR) is 55.0 cm³/mol. The second-order valence-corrected chi connectivity index (χ2v) is 4.50. The summed E-state index contributed by atoms with van der Waals surface area (Å²) in [6, 6.07) is 3.82. The van der Waals surface area contributed by atoms with Gasteiger partial charge < -0.3 is 9.52 Å². The van der Waals surface area contributed by atoms with Crippen LogP contribution in [0.15, 0.2) is 22.8 Å². The van der Waals surface area contributed by atoms with Gasteiger partial charge in [0.1, 0.15) is 5.76 Å². The highest BCUT2D eigenvalue weighted by molar-refractivity contribution is 5.05. The van der Waals surface area contributed by atoms with E-state index in [1.54, 1.807) is 6.26 Å². The number of hydrogen-bond acceptors (Lipinski definition) is 2. The molecule has 1 aliphatic rings. The van der Waals surface area contributed by atoms with Crippen molar-refractivity contribution in [1.29, 1.82) is 0 Å². The van der Waals surface area contributed by atoms with Gasteiger partial charge in [0.15, 0.2) is 0 Å². The van der Waals surface area contributed by atoms with Crippen LogP contribution >= 0.6 is 0 Å². The van der Waals surface area contributed by atoms with Gasteiger partial charge in [-0.05, 0) is 37.3 Å². The van der Waals surface area contributed by atoms with E-state index in [2.05, 4.69) is 6.92 Å². The van der Waals surface area contributed by atoms with E-state index in [9.17, 15) is 5.11 Å². The SMILES string of the molecule is CCC1CCC(O)(Cc2ccco2)C1. The molecule has 1 aromatic heterocycles. The molecule has 14 heavy (non-hydrogen) atoms. The summed E-state index contributed by atoms with van der Waals surface area (Å²) in [6.07, 6.45) is 6.55. The Labute approximate surface area is 84.9 Å². The molecule has 2 nitrogen and oxygen atoms in total. The molecule has 2 heteroatoms. The largest absolute Gasteiger partial charge is 0.469 e. The molecule has 1 N–H and O–H groups in total. The van der Waals surface area contributed by atoms with Gasteiger partial charge in [-0.3, -0.25) is 0 Å². The van der Waals surface area contributed by atoms with Crippen molar-refractivity contribution in [2.45, 2.75) is 44.6 Å². The molecule has 1 saturated carbocycles. The van der Waals surface area contributed by atoms with Crippen LogP contribution < -0.4 is 0 Å². The zero-order valence-corrected chi connectivity index (χ0v) is 8.70. The molecule has 2 atom stereocenters. The molecule has 0 radical (unpaired) electrons. The first-order chi connectivity index (χ1) is 6.72. The zero-order valence-electron chi connectivity index (χ0n) is 8.70. The van der Waals surface area contributed by atoms with Crippen LogP contribution in [0.4, 0.5) is 0 Å². The van der Waals surface area contributed by atoms with Crippen molar-refractivity contribution < 1.29 is 9.52 Å². The minimum Gasteiger partial charge on any atom is -0.469 e. The van der Waals surface area contributed by atoms with Crippen LogP contribution in [0, 0.1) is 5.92 Å². The highest BCUT2D eigenvalue weighted by Crippen LogP contribution is 2.38. The van der Waals surface area contributed by atoms with E-state index in [4.69, 9.17) is 4.42 Å². The zero-order chi connectivity index (χ0) is 10.0. The molecule has 0 saturated heterocycles. The van der Waals surface area contributed by atoms with Gasteiger partial charge in [0.25, 0.3) is 0 Å². The van der Waals surface area contributed by atoms with Gasteiger partial charge in [0.05, 0.1) is 11.9 Å². The Balaban J connectivity index is 1.97. The van der Waals surface area contributed by atoms with E-state index < -0.39 is 5.60 Å². The van der Waals surface area contributed by atoms with Crippen LogP contribution in [-0.4, -0.2) is 10.7 Å². The predicted octanol–water partition coefficient (Wildman–Crippen LogP) is 2.76. The summed E-state index contributed by atoms with van der Waals surface area (Å²) in [7, 11) is 0. The molecule has 0 amide bonds. The highest BCUT2D eigenvalue weighted by Gasteiger charge is 2.37. The van der Waals surface area contributed by atoms with Crippen molar-refractivity contribution in [1.82, 2.24) is 0 Å². The van der Waals surface area contributed by atoms with Crippen molar-refractivity contribution in [3.05, 3.63) is 24.2 Å². The fourth-order valence-electron chi connectivity index (χ4n) is 2.46. The fourth-order valence-corrected chi connectivity index (χ4v) is 2.46. The van der Waals surface area contributed by atoms with E-state index >= 15 is 0 Å². The maximum atomic E-state index is 10.3. The van der Waals surface area contributed by atoms with E-state index in [0.717, 1.165) is 25.0 Å². The minimum atomic E-state index is -0.501. The quantitative estimate of drug-likeness (QED) is 0.802. The summed E-state index contributed by atoms with van der Waals surface area (Å²) in [5.41, 5.74) is -0.501. The number of aliphatic hydroxyl groups is 1. The lowest BCUT2D eigenvalue weighted by atomic mass is 9.94. The van der Waals surface area contributed by atoms with Gasteiger partial charge in [-0.1, -0.05) is 13.3 Å². The van der Waals surface area contributed by atoms with Crippen molar-refractivity contribution in [2.75, 3.05) is 0 Å². The van der Waals surface area contributed by atoms with Crippen molar-refractivity contribution in [3.8, 4) is 0 Å². The molecule has 1 aromatic rings. The first-order valence-electron chi connectivity index (χ1n) is 5.46. The number of rotatable bonds is 3. The van der Waals surface area contributed by atoms with Gasteiger partial charge in [-0.25, -0.2) is 0 Å². The van der Waals surface area contributed by atoms with Gasteiger partial charge in [-0.2, -0.15) is 0 Å². The lowest BCUT2D eigenvalue weighted by Crippen LogP contribution is -2.27. The Kier molecular flexibility index (Phi) is 2.64. The van der Waals surface area contributed by atoms with E-state index in [0.29, 0.717) is 12.3 Å². The molecule has 2 unspecified atom stereocenters. The molecular formula is C12H18O2. The summed E-state index contributed by atoms with van der Waals surface area (Å²) in [5, 5.41) is 10.3. The molecule has 0 spiro atoms. The Morgan fingerprint density at radius 3 is 3.07 bits per heavy atom. The van der Waals surface area contributed by atoms with Crippen LogP contribution in [0.1, 0.15) is 38.4 Å². The molecule has 78 valence electrons. The third-order valence-electron chi connectivity index (χ3n) is 3.35. The van der Waals surface area contributed by atoms with E-state index in [1.807, 2.05) is 12.1 Å². The summed E-state index contributed by atoms with van der Waals surface area (Å²) < 4.78 is 5.27. The third kappa shape index (κ3) is 2.01. The molecule has 1 fully saturated rings. The first-order valence-corrected chi connectivity index (χ1v) is 5.46. The Morgan fingerprint density at radius 2 is 2.50 bits per heavy atom. The number of furan rings is 1. The van der Waals surface area contributed by atoms with Gasteiger partial charge >= 0.3 is 0 Å². The van der Waals surface area contributed by atoms with Crippen LogP contribution in [0.25, 0.3) is 0 Å². The first kappa shape index (κ1) is 9.78. The maximum absolute atomic E-state index is 10.3. The Bertz CT molecular complexity index is 279. The lowest BCUT2D eigenvalue weighted by Gasteiger charge is -2.21. The van der Waals surface area contributed by atoms with Crippen LogP contribution in [-0.2, 0) is 6.42 Å². The molecule has 0 aromatic carbocycles. The second-order valence-electron chi connectivity index (χ2n) is 4.50. The normalized spacial score (nSPS) is 32.3. The van der Waals surface area contributed by atoms with Crippen molar-refractivity contribution >= 4 is 0 Å². The molecule has 0 bridgehead atoms. The minimum absolute atomic E-state index is 0.501. The second kappa shape index (κ2) is 3.77. The van der Waals surface area contributed by atoms with Gasteiger partial charge in [0, 0.05) is 6.42 Å². The standard InChI is InChI=1S/C12H18O2/c1-2-10-5-6-12(13,8-10)9-11-4-3-7-14-11/h3-4,7,10,13H,2,5-6,8-9H2,1H3. The fraction of sp³-hybridized carbons (Fsp3) is 0.667. The molecule has 2 rings (SSSR count). The van der Waals surface area contributed by atoms with Crippen molar-refractivity contribution in [3.63, 3.8) is 0 Å². The average molecular weight is 194 g/mol. The summed E-state index contributed by atoms with van der Waals surface area (Å²) >= 11 is 0.